The largest absolute Gasteiger partial charge is 0.355 e. The van der Waals surface area contributed by atoms with E-state index in [1.807, 2.05) is 59.5 Å². The molecule has 0 fully saturated rings. The maximum Gasteiger partial charge on any atom is 0.265 e. The third kappa shape index (κ3) is 2.77. The van der Waals surface area contributed by atoms with Gasteiger partial charge < -0.3 is 9.74 Å². The van der Waals surface area contributed by atoms with Crippen LogP contribution in [-0.2, 0) is 15.4 Å². The van der Waals surface area contributed by atoms with Crippen molar-refractivity contribution < 1.29 is 9.63 Å². The molecule has 1 amide bonds. The van der Waals surface area contributed by atoms with Gasteiger partial charge in [0.2, 0.25) is 5.91 Å². The van der Waals surface area contributed by atoms with E-state index in [4.69, 9.17) is 28.0 Å². The molecular formula is C23H17Cl2N3O2. The van der Waals surface area contributed by atoms with Gasteiger partial charge in [0.1, 0.15) is 6.54 Å². The van der Waals surface area contributed by atoms with E-state index >= 15 is 0 Å². The monoisotopic (exact) mass is 437 g/mol. The van der Waals surface area contributed by atoms with Crippen molar-refractivity contribution in [1.82, 2.24) is 4.90 Å². The van der Waals surface area contributed by atoms with E-state index in [0.717, 1.165) is 22.4 Å². The van der Waals surface area contributed by atoms with Gasteiger partial charge in [-0.2, -0.15) is 0 Å². The lowest BCUT2D eigenvalue weighted by molar-refractivity contribution is -0.123. The number of amides is 1. The quantitative estimate of drug-likeness (QED) is 0.574. The molecule has 5 rings (SSSR count). The molecule has 5 nitrogen and oxygen atoms in total. The number of amidine groups is 1. The Bertz CT molecular complexity index is 1160. The van der Waals surface area contributed by atoms with Crippen LogP contribution in [0.4, 0.5) is 5.69 Å². The van der Waals surface area contributed by atoms with Crippen LogP contribution < -0.4 is 4.90 Å². The Morgan fingerprint density at radius 1 is 0.967 bits per heavy atom. The first-order valence-electron chi connectivity index (χ1n) is 9.42. The summed E-state index contributed by atoms with van der Waals surface area (Å²) in [5.74, 6) is 0.480. The molecule has 0 saturated carbocycles. The molecule has 1 atom stereocenters. The smallest absolute Gasteiger partial charge is 0.265 e. The molecule has 1 unspecified atom stereocenters. The second-order valence-corrected chi connectivity index (χ2v) is 8.10. The Hall–Kier alpha value is -3.02. The Balaban J connectivity index is 1.78. The van der Waals surface area contributed by atoms with Gasteiger partial charge in [0.05, 0.1) is 5.69 Å². The number of halogens is 2. The van der Waals surface area contributed by atoms with Crippen LogP contribution in [0.15, 0.2) is 78.0 Å². The van der Waals surface area contributed by atoms with Gasteiger partial charge in [-0.3, -0.25) is 9.69 Å². The molecule has 7 heteroatoms. The number of oxime groups is 1. The number of hydrogen-bond acceptors (Lipinski definition) is 4. The van der Waals surface area contributed by atoms with Gasteiger partial charge in [-0.1, -0.05) is 58.7 Å². The maximum absolute atomic E-state index is 13.1. The lowest BCUT2D eigenvalue weighted by Gasteiger charge is -2.36. The third-order valence-electron chi connectivity index (χ3n) is 5.52. The fraction of sp³-hybridized carbons (Fsp3) is 0.130. The number of nitrogens with zero attached hydrogens (tertiary/aromatic N) is 3. The number of likely N-dealkylation sites (N-methyl/N-ethyl adjacent to an activating group) is 1. The number of carbonyl (C=O) groups excluding carboxylic acids is 1. The summed E-state index contributed by atoms with van der Waals surface area (Å²) in [4.78, 5) is 22.9. The van der Waals surface area contributed by atoms with Crippen LogP contribution in [0.2, 0.25) is 10.0 Å². The van der Waals surface area contributed by atoms with Crippen LogP contribution in [0.3, 0.4) is 0 Å². The van der Waals surface area contributed by atoms with E-state index in [1.165, 1.54) is 0 Å². The minimum Gasteiger partial charge on any atom is -0.355 e. The molecular weight excluding hydrogens is 421 g/mol. The second kappa shape index (κ2) is 7.04. The highest BCUT2D eigenvalue weighted by Crippen LogP contribution is 2.48. The first kappa shape index (κ1) is 19.0. The van der Waals surface area contributed by atoms with Crippen molar-refractivity contribution in [3.63, 3.8) is 0 Å². The van der Waals surface area contributed by atoms with Gasteiger partial charge in [0.15, 0.2) is 5.84 Å². The summed E-state index contributed by atoms with van der Waals surface area (Å²) >= 11 is 12.5. The van der Waals surface area contributed by atoms with Crippen LogP contribution in [-0.4, -0.2) is 30.2 Å². The minimum atomic E-state index is -1.13. The molecule has 3 aromatic carbocycles. The van der Waals surface area contributed by atoms with Crippen molar-refractivity contribution >= 4 is 40.6 Å². The lowest BCUT2D eigenvalue weighted by atomic mass is 9.91. The van der Waals surface area contributed by atoms with Gasteiger partial charge in [-0.25, -0.2) is 0 Å². The Labute approximate surface area is 184 Å². The number of hydrogen-bond donors (Lipinski definition) is 0. The zero-order valence-corrected chi connectivity index (χ0v) is 17.6. The molecule has 0 aromatic heterocycles. The summed E-state index contributed by atoms with van der Waals surface area (Å²) in [6, 6.07) is 22.5. The highest BCUT2D eigenvalue weighted by molar-refractivity contribution is 6.31. The first-order chi connectivity index (χ1) is 14.5. The van der Waals surface area contributed by atoms with Gasteiger partial charge >= 0.3 is 0 Å². The summed E-state index contributed by atoms with van der Waals surface area (Å²) in [5.41, 5.74) is 2.00. The fourth-order valence-electron chi connectivity index (χ4n) is 4.02. The SMILES string of the molecule is CN1C(=O)CN2C(c3ccc(Cl)cc3)=NOC2(c2ccccc2)c2cc(Cl)ccc21. The normalized spacial score (nSPS) is 20.2. The number of anilines is 1. The molecule has 0 bridgehead atoms. The zero-order chi connectivity index (χ0) is 20.9. The third-order valence-corrected chi connectivity index (χ3v) is 6.01. The molecule has 2 aliphatic heterocycles. The van der Waals surface area contributed by atoms with Gasteiger partial charge in [-0.15, -0.1) is 0 Å². The van der Waals surface area contributed by atoms with E-state index in [9.17, 15) is 4.79 Å². The molecule has 0 spiro atoms. The van der Waals surface area contributed by atoms with Crippen LogP contribution in [0.5, 0.6) is 0 Å². The molecule has 150 valence electrons. The molecule has 30 heavy (non-hydrogen) atoms. The van der Waals surface area contributed by atoms with E-state index in [2.05, 4.69) is 5.16 Å². The van der Waals surface area contributed by atoms with Crippen LogP contribution in [0.1, 0.15) is 16.7 Å². The van der Waals surface area contributed by atoms with Crippen molar-refractivity contribution in [1.29, 1.82) is 0 Å². The Kier molecular flexibility index (Phi) is 4.45. The standard InChI is InChI=1S/C23H17Cl2N3O2/c1-27-20-12-11-18(25)13-19(20)23(16-5-3-2-4-6-16)28(14-21(27)29)22(26-30-23)15-7-9-17(24)10-8-15/h2-13H,14H2,1H3. The van der Waals surface area contributed by atoms with Crippen LogP contribution >= 0.6 is 23.2 Å². The second-order valence-electron chi connectivity index (χ2n) is 7.22. The highest BCUT2D eigenvalue weighted by atomic mass is 35.5. The number of carbonyl (C=O) groups is 1. The summed E-state index contributed by atoms with van der Waals surface area (Å²) in [6.45, 7) is 0.0825. The van der Waals surface area contributed by atoms with E-state index in [0.29, 0.717) is 15.9 Å². The summed E-state index contributed by atoms with van der Waals surface area (Å²) in [7, 11) is 1.76. The van der Waals surface area contributed by atoms with Crippen molar-refractivity contribution in [2.75, 3.05) is 18.5 Å². The summed E-state index contributed by atoms with van der Waals surface area (Å²) in [6.07, 6.45) is 0. The van der Waals surface area contributed by atoms with Crippen molar-refractivity contribution in [3.8, 4) is 0 Å². The predicted octanol–water partition coefficient (Wildman–Crippen LogP) is 4.86. The van der Waals surface area contributed by atoms with Crippen molar-refractivity contribution in [2.24, 2.45) is 5.16 Å². The minimum absolute atomic E-state index is 0.0801. The molecule has 0 radical (unpaired) electrons. The average molecular weight is 438 g/mol. The zero-order valence-electron chi connectivity index (χ0n) is 16.0. The number of fused-ring (bicyclic) bond motifs is 3. The Morgan fingerprint density at radius 3 is 2.40 bits per heavy atom. The van der Waals surface area contributed by atoms with Crippen LogP contribution in [0, 0.1) is 0 Å². The first-order valence-corrected chi connectivity index (χ1v) is 10.2. The predicted molar refractivity (Wildman–Crippen MR) is 118 cm³/mol. The average Bonchev–Trinajstić information content (AvgIpc) is 3.10. The topological polar surface area (TPSA) is 45.1 Å². The molecule has 2 aliphatic rings. The van der Waals surface area contributed by atoms with Crippen molar-refractivity contribution in [2.45, 2.75) is 5.72 Å². The maximum atomic E-state index is 13.1. The van der Waals surface area contributed by atoms with E-state index in [1.54, 1.807) is 30.1 Å². The number of rotatable bonds is 2. The van der Waals surface area contributed by atoms with Crippen LogP contribution in [0.25, 0.3) is 0 Å². The Morgan fingerprint density at radius 2 is 1.67 bits per heavy atom. The highest BCUT2D eigenvalue weighted by Gasteiger charge is 2.54. The lowest BCUT2D eigenvalue weighted by Crippen LogP contribution is -2.49. The number of benzene rings is 3. The fourth-order valence-corrected chi connectivity index (χ4v) is 4.32. The molecule has 0 saturated heterocycles. The summed E-state index contributed by atoms with van der Waals surface area (Å²) < 4.78 is 0. The van der Waals surface area contributed by atoms with E-state index < -0.39 is 5.72 Å². The van der Waals surface area contributed by atoms with Gasteiger partial charge in [0.25, 0.3) is 5.72 Å². The van der Waals surface area contributed by atoms with Gasteiger partial charge in [-0.05, 0) is 42.5 Å². The molecule has 0 N–H and O–H groups in total. The molecule has 2 heterocycles. The van der Waals surface area contributed by atoms with Gasteiger partial charge in [0, 0.05) is 33.8 Å². The summed E-state index contributed by atoms with van der Waals surface area (Å²) in [5, 5.41) is 5.62. The van der Waals surface area contributed by atoms with E-state index in [-0.39, 0.29) is 12.5 Å². The van der Waals surface area contributed by atoms with Crippen molar-refractivity contribution in [3.05, 3.63) is 99.5 Å². The molecule has 0 aliphatic carbocycles. The molecule has 3 aromatic rings.